The van der Waals surface area contributed by atoms with E-state index in [1.807, 2.05) is 24.3 Å². The first kappa shape index (κ1) is 17.8. The van der Waals surface area contributed by atoms with E-state index in [1.54, 1.807) is 7.11 Å². The molecule has 0 N–H and O–H groups in total. The topological polar surface area (TPSA) is 34.6 Å². The predicted molar refractivity (Wildman–Crippen MR) is 109 cm³/mol. The largest absolute Gasteiger partial charge is 0.489 e. The van der Waals surface area contributed by atoms with Gasteiger partial charge in [0, 0.05) is 36.5 Å². The van der Waals surface area contributed by atoms with E-state index in [1.165, 1.54) is 23.9 Å². The highest BCUT2D eigenvalue weighted by Gasteiger charge is 2.26. The molecule has 3 aromatic rings. The number of hydrogen-bond acceptors (Lipinski definition) is 4. The van der Waals surface area contributed by atoms with Crippen LogP contribution in [-0.4, -0.2) is 31.3 Å². The first-order valence-electron chi connectivity index (χ1n) is 9.58. The third-order valence-electron chi connectivity index (χ3n) is 5.18. The second-order valence-electron chi connectivity index (χ2n) is 7.18. The molecule has 1 aliphatic heterocycles. The third kappa shape index (κ3) is 3.91. The zero-order valence-corrected chi connectivity index (χ0v) is 16.0. The molecule has 4 rings (SSSR count). The van der Waals surface area contributed by atoms with Crippen LogP contribution in [0.5, 0.6) is 5.75 Å². The van der Waals surface area contributed by atoms with Crippen molar-refractivity contribution in [3.05, 3.63) is 65.9 Å². The Balaban J connectivity index is 1.62. The maximum absolute atomic E-state index is 5.99. The van der Waals surface area contributed by atoms with Gasteiger partial charge in [-0.1, -0.05) is 30.3 Å². The van der Waals surface area contributed by atoms with Crippen LogP contribution in [0.2, 0.25) is 0 Å². The lowest BCUT2D eigenvalue weighted by Crippen LogP contribution is -2.33. The van der Waals surface area contributed by atoms with Crippen molar-refractivity contribution in [3.8, 4) is 5.75 Å². The molecule has 0 saturated carbocycles. The van der Waals surface area contributed by atoms with Crippen LogP contribution in [0.1, 0.15) is 24.1 Å². The maximum Gasteiger partial charge on any atom is 0.122 e. The summed E-state index contributed by atoms with van der Waals surface area (Å²) in [5.74, 6) is 0.852. The molecule has 4 nitrogen and oxygen atoms in total. The Morgan fingerprint density at radius 3 is 2.78 bits per heavy atom. The van der Waals surface area contributed by atoms with Gasteiger partial charge in [-0.25, -0.2) is 0 Å². The van der Waals surface area contributed by atoms with Gasteiger partial charge in [-0.2, -0.15) is 0 Å². The Morgan fingerprint density at radius 2 is 1.96 bits per heavy atom. The summed E-state index contributed by atoms with van der Waals surface area (Å²) in [6.45, 7) is 4.45. The third-order valence-corrected chi connectivity index (χ3v) is 5.18. The number of anilines is 1. The fourth-order valence-electron chi connectivity index (χ4n) is 3.91. The van der Waals surface area contributed by atoms with Crippen LogP contribution in [0.4, 0.5) is 5.69 Å². The van der Waals surface area contributed by atoms with Crippen LogP contribution in [0.25, 0.3) is 10.9 Å². The molecule has 1 saturated heterocycles. The number of nitrogens with zero attached hydrogens (tertiary/aromatic N) is 2. The van der Waals surface area contributed by atoms with Gasteiger partial charge in [-0.15, -0.1) is 0 Å². The summed E-state index contributed by atoms with van der Waals surface area (Å²) in [4.78, 5) is 7.23. The van der Waals surface area contributed by atoms with Crippen molar-refractivity contribution in [3.63, 3.8) is 0 Å². The second-order valence-corrected chi connectivity index (χ2v) is 7.18. The number of pyridine rings is 1. The van der Waals surface area contributed by atoms with Crippen molar-refractivity contribution < 1.29 is 9.47 Å². The number of fused-ring (bicyclic) bond motifs is 1. The number of aromatic nitrogens is 1. The van der Waals surface area contributed by atoms with Gasteiger partial charge in [0.15, 0.2) is 0 Å². The lowest BCUT2D eigenvalue weighted by molar-refractivity contribution is 0.181. The van der Waals surface area contributed by atoms with Crippen LogP contribution < -0.4 is 9.64 Å². The maximum atomic E-state index is 5.99. The molecule has 1 aliphatic rings. The summed E-state index contributed by atoms with van der Waals surface area (Å²) >= 11 is 0. The van der Waals surface area contributed by atoms with Gasteiger partial charge in [-0.3, -0.25) is 4.98 Å². The molecule has 0 bridgehead atoms. The first-order chi connectivity index (χ1) is 13.2. The van der Waals surface area contributed by atoms with E-state index in [4.69, 9.17) is 14.5 Å². The molecule has 1 fully saturated rings. The van der Waals surface area contributed by atoms with Crippen molar-refractivity contribution in [2.75, 3.05) is 25.2 Å². The highest BCUT2D eigenvalue weighted by Crippen LogP contribution is 2.34. The van der Waals surface area contributed by atoms with E-state index in [0.717, 1.165) is 35.7 Å². The highest BCUT2D eigenvalue weighted by molar-refractivity contribution is 5.93. The van der Waals surface area contributed by atoms with E-state index >= 15 is 0 Å². The highest BCUT2D eigenvalue weighted by atomic mass is 16.5. The summed E-state index contributed by atoms with van der Waals surface area (Å²) in [5.41, 5.74) is 4.43. The van der Waals surface area contributed by atoms with E-state index in [2.05, 4.69) is 42.2 Å². The minimum atomic E-state index is 0.439. The van der Waals surface area contributed by atoms with Gasteiger partial charge < -0.3 is 14.4 Å². The van der Waals surface area contributed by atoms with E-state index in [0.29, 0.717) is 12.6 Å². The predicted octanol–water partition coefficient (Wildman–Crippen LogP) is 4.74. The molecule has 140 valence electrons. The molecule has 0 amide bonds. The summed E-state index contributed by atoms with van der Waals surface area (Å²) in [6, 6.07) is 19.1. The van der Waals surface area contributed by atoms with Gasteiger partial charge in [-0.05, 0) is 43.5 Å². The number of methoxy groups -OCH3 is 1. The Kier molecular flexibility index (Phi) is 5.26. The van der Waals surface area contributed by atoms with Crippen LogP contribution in [0.15, 0.2) is 54.6 Å². The number of benzene rings is 2. The smallest absolute Gasteiger partial charge is 0.122 e. The standard InChI is InChI=1S/C23H26N2O2/c1-17-13-23(25-12-6-9-19(25)16-26-2)21-11-10-20(14-22(21)24-17)27-15-18-7-4-3-5-8-18/h3-5,7-8,10-11,13-14,19H,6,9,12,15-16H2,1-2H3/t19-/m0/s1. The Hall–Kier alpha value is -2.59. The minimum absolute atomic E-state index is 0.439. The Morgan fingerprint density at radius 1 is 1.11 bits per heavy atom. The number of aryl methyl sites for hydroxylation is 1. The van der Waals surface area contributed by atoms with Crippen LogP contribution >= 0.6 is 0 Å². The normalized spacial score (nSPS) is 16.8. The molecule has 0 aliphatic carbocycles. The Bertz CT molecular complexity index is 911. The molecule has 2 aromatic carbocycles. The fourth-order valence-corrected chi connectivity index (χ4v) is 3.91. The van der Waals surface area contributed by atoms with Crippen LogP contribution in [0, 0.1) is 6.92 Å². The molecule has 0 unspecified atom stereocenters. The van der Waals surface area contributed by atoms with Crippen molar-refractivity contribution in [1.82, 2.24) is 4.98 Å². The Labute approximate surface area is 160 Å². The van der Waals surface area contributed by atoms with Gasteiger partial charge in [0.2, 0.25) is 0 Å². The average molecular weight is 362 g/mol. The minimum Gasteiger partial charge on any atom is -0.489 e. The summed E-state index contributed by atoms with van der Waals surface area (Å²) in [5, 5.41) is 1.18. The molecule has 2 heterocycles. The lowest BCUT2D eigenvalue weighted by Gasteiger charge is -2.28. The van der Waals surface area contributed by atoms with Crippen molar-refractivity contribution in [1.29, 1.82) is 0 Å². The van der Waals surface area contributed by atoms with Crippen LogP contribution in [0.3, 0.4) is 0 Å². The number of hydrogen-bond donors (Lipinski definition) is 0. The van der Waals surface area contributed by atoms with Gasteiger partial charge in [0.1, 0.15) is 12.4 Å². The zero-order chi connectivity index (χ0) is 18.6. The molecule has 0 radical (unpaired) electrons. The second kappa shape index (κ2) is 7.97. The monoisotopic (exact) mass is 362 g/mol. The van der Waals surface area contributed by atoms with Crippen molar-refractivity contribution >= 4 is 16.6 Å². The fraction of sp³-hybridized carbons (Fsp3) is 0.348. The van der Waals surface area contributed by atoms with E-state index in [-0.39, 0.29) is 0 Å². The molecule has 1 atom stereocenters. The van der Waals surface area contributed by atoms with E-state index in [9.17, 15) is 0 Å². The summed E-state index contributed by atoms with van der Waals surface area (Å²) < 4.78 is 11.4. The molecule has 1 aromatic heterocycles. The number of ether oxygens (including phenoxy) is 2. The summed E-state index contributed by atoms with van der Waals surface area (Å²) in [7, 11) is 1.78. The molecular formula is C23H26N2O2. The average Bonchev–Trinajstić information content (AvgIpc) is 3.14. The molecule has 0 spiro atoms. The van der Waals surface area contributed by atoms with Crippen molar-refractivity contribution in [2.24, 2.45) is 0 Å². The van der Waals surface area contributed by atoms with Crippen molar-refractivity contribution in [2.45, 2.75) is 32.4 Å². The van der Waals surface area contributed by atoms with E-state index < -0.39 is 0 Å². The SMILES string of the molecule is COC[C@@H]1CCCN1c1cc(C)nc2cc(OCc3ccccc3)ccc12. The van der Waals surface area contributed by atoms with Gasteiger partial charge >= 0.3 is 0 Å². The summed E-state index contributed by atoms with van der Waals surface area (Å²) in [6.07, 6.45) is 2.38. The molecular weight excluding hydrogens is 336 g/mol. The first-order valence-corrected chi connectivity index (χ1v) is 9.58. The number of rotatable bonds is 6. The van der Waals surface area contributed by atoms with Crippen LogP contribution in [-0.2, 0) is 11.3 Å². The quantitative estimate of drug-likeness (QED) is 0.634. The lowest BCUT2D eigenvalue weighted by atomic mass is 10.1. The molecule has 27 heavy (non-hydrogen) atoms. The zero-order valence-electron chi connectivity index (χ0n) is 16.0. The molecule has 4 heteroatoms. The van der Waals surface area contributed by atoms with Gasteiger partial charge in [0.25, 0.3) is 0 Å². The van der Waals surface area contributed by atoms with Gasteiger partial charge in [0.05, 0.1) is 18.2 Å².